The Morgan fingerprint density at radius 3 is 2.14 bits per heavy atom. The van der Waals surface area contributed by atoms with Gasteiger partial charge in [-0.25, -0.2) is 0 Å². The molecule has 2 aromatic rings. The van der Waals surface area contributed by atoms with Gasteiger partial charge in [0.1, 0.15) is 6.10 Å². The van der Waals surface area contributed by atoms with Gasteiger partial charge in [0.15, 0.2) is 8.32 Å². The lowest BCUT2D eigenvalue weighted by Gasteiger charge is -2.45. The Kier molecular flexibility index (Phi) is 7.73. The van der Waals surface area contributed by atoms with E-state index < -0.39 is 31.8 Å². The third-order valence-electron chi connectivity index (χ3n) is 10.0. The third-order valence-corrected chi connectivity index (χ3v) is 14.5. The van der Waals surface area contributed by atoms with E-state index in [1.54, 1.807) is 0 Å². The summed E-state index contributed by atoms with van der Waals surface area (Å²) in [5, 5.41) is 12.0. The molecule has 0 bridgehead atoms. The molecule has 1 spiro atoms. The quantitative estimate of drug-likeness (QED) is 0.215. The summed E-state index contributed by atoms with van der Waals surface area (Å²) in [6.45, 7) is 20.8. The molecule has 1 N–H and O–H groups in total. The third kappa shape index (κ3) is 5.33. The molecular weight excluding hydrogens is 559 g/mol. The van der Waals surface area contributed by atoms with E-state index in [4.69, 9.17) is 13.9 Å². The van der Waals surface area contributed by atoms with Gasteiger partial charge in [0.05, 0.1) is 28.4 Å². The first-order valence-electron chi connectivity index (χ1n) is 15.2. The maximum absolute atomic E-state index is 13.5. The Bertz CT molecular complexity index is 1340. The lowest BCUT2D eigenvalue weighted by atomic mass is 9.69. The van der Waals surface area contributed by atoms with Crippen LogP contribution in [0.15, 0.2) is 24.3 Å². The first-order chi connectivity index (χ1) is 19.3. The molecule has 42 heavy (non-hydrogen) atoms. The number of hydrogen-bond acceptors (Lipinski definition) is 4. The van der Waals surface area contributed by atoms with E-state index in [9.17, 15) is 18.4 Å². The van der Waals surface area contributed by atoms with Crippen molar-refractivity contribution in [1.29, 1.82) is 0 Å². The van der Waals surface area contributed by atoms with Gasteiger partial charge in [0, 0.05) is 48.7 Å². The van der Waals surface area contributed by atoms with Crippen molar-refractivity contribution in [3.8, 4) is 0 Å². The van der Waals surface area contributed by atoms with Gasteiger partial charge >= 0.3 is 6.18 Å². The Labute approximate surface area is 249 Å². The number of alkyl halides is 3. The van der Waals surface area contributed by atoms with E-state index >= 15 is 0 Å². The number of rotatable bonds is 4. The maximum Gasteiger partial charge on any atom is 0.416 e. The van der Waals surface area contributed by atoms with Gasteiger partial charge in [-0.2, -0.15) is 13.2 Å². The molecule has 1 saturated heterocycles. The molecule has 0 amide bonds. The second kappa shape index (κ2) is 10.3. The fourth-order valence-electron chi connectivity index (χ4n) is 6.88. The maximum atomic E-state index is 13.5. The van der Waals surface area contributed by atoms with Crippen LogP contribution >= 0.6 is 0 Å². The number of halogens is 3. The zero-order valence-corrected chi connectivity index (χ0v) is 27.5. The second-order valence-electron chi connectivity index (χ2n) is 15.1. The second-order valence-corrected chi connectivity index (χ2v) is 19.9. The van der Waals surface area contributed by atoms with Crippen LogP contribution in [0.3, 0.4) is 0 Å². The van der Waals surface area contributed by atoms with Gasteiger partial charge in [-0.15, -0.1) is 0 Å². The number of ether oxygens (including phenoxy) is 2. The summed E-state index contributed by atoms with van der Waals surface area (Å²) in [6.07, 6.45) is -2.54. The van der Waals surface area contributed by atoms with Crippen LogP contribution in [0.25, 0.3) is 0 Å². The van der Waals surface area contributed by atoms with E-state index in [0.717, 1.165) is 46.6 Å². The lowest BCUT2D eigenvalue weighted by Crippen LogP contribution is -2.50. The van der Waals surface area contributed by atoms with Crippen molar-refractivity contribution in [2.45, 2.75) is 122 Å². The van der Waals surface area contributed by atoms with Gasteiger partial charge in [-0.05, 0) is 47.7 Å². The predicted octanol–water partition coefficient (Wildman–Crippen LogP) is 8.51. The van der Waals surface area contributed by atoms with Crippen molar-refractivity contribution < 1.29 is 37.0 Å². The molecule has 3 heterocycles. The Hall–Kier alpha value is -1.94. The Balaban J connectivity index is 1.80. The van der Waals surface area contributed by atoms with Crippen molar-refractivity contribution in [2.75, 3.05) is 13.2 Å². The number of nitrogens with zero attached hydrogens (tertiary/aromatic N) is 1. The SMILES string of the molecule is CC(C)c1c2c(c3c([n+]1O)CC(C)(C)CC3O[Si](C)(C)C(C)(C)C)C1(CCOCC1)OC2c1ccc(C(F)(F)F)cc1. The zero-order valence-electron chi connectivity index (χ0n) is 26.5. The minimum absolute atomic E-state index is 0.0133. The highest BCUT2D eigenvalue weighted by Gasteiger charge is 2.57. The molecule has 1 aliphatic carbocycles. The minimum atomic E-state index is -4.42. The van der Waals surface area contributed by atoms with Crippen molar-refractivity contribution in [2.24, 2.45) is 5.41 Å². The average Bonchev–Trinajstić information content (AvgIpc) is 3.16. The van der Waals surface area contributed by atoms with Crippen LogP contribution in [-0.2, 0) is 32.1 Å². The topological polar surface area (TPSA) is 51.8 Å². The van der Waals surface area contributed by atoms with Gasteiger partial charge in [0.25, 0.3) is 0 Å². The monoisotopic (exact) mass is 606 g/mol. The Morgan fingerprint density at radius 2 is 1.62 bits per heavy atom. The minimum Gasteiger partial charge on any atom is -0.410 e. The van der Waals surface area contributed by atoms with E-state index in [0.29, 0.717) is 38.0 Å². The smallest absolute Gasteiger partial charge is 0.410 e. The van der Waals surface area contributed by atoms with Gasteiger partial charge in [-0.3, -0.25) is 5.21 Å². The number of benzene rings is 1. The first-order valence-corrected chi connectivity index (χ1v) is 18.1. The molecule has 1 aromatic carbocycles. The molecule has 9 heteroatoms. The van der Waals surface area contributed by atoms with Crippen molar-refractivity contribution in [1.82, 2.24) is 0 Å². The van der Waals surface area contributed by atoms with Crippen LogP contribution in [0.4, 0.5) is 13.2 Å². The lowest BCUT2D eigenvalue weighted by molar-refractivity contribution is -0.916. The molecule has 0 saturated carbocycles. The summed E-state index contributed by atoms with van der Waals surface area (Å²) in [5.74, 6) is -0.0608. The van der Waals surface area contributed by atoms with Gasteiger partial charge in [-0.1, -0.05) is 60.6 Å². The summed E-state index contributed by atoms with van der Waals surface area (Å²) in [5.41, 5.74) is 3.73. The summed E-state index contributed by atoms with van der Waals surface area (Å²) in [6, 6.07) is 5.29. The summed E-state index contributed by atoms with van der Waals surface area (Å²) in [4.78, 5) is 0. The van der Waals surface area contributed by atoms with E-state index in [2.05, 4.69) is 47.7 Å². The molecule has 2 aliphatic heterocycles. The van der Waals surface area contributed by atoms with Crippen LogP contribution in [0.1, 0.15) is 125 Å². The fourth-order valence-corrected chi connectivity index (χ4v) is 8.14. The van der Waals surface area contributed by atoms with Crippen LogP contribution in [-0.4, -0.2) is 26.7 Å². The molecular formula is C33H47F3NO4Si+. The van der Waals surface area contributed by atoms with Crippen molar-refractivity contribution in [3.63, 3.8) is 0 Å². The summed E-state index contributed by atoms with van der Waals surface area (Å²) in [7, 11) is -2.24. The predicted molar refractivity (Wildman–Crippen MR) is 157 cm³/mol. The largest absolute Gasteiger partial charge is 0.416 e. The van der Waals surface area contributed by atoms with Crippen LogP contribution < -0.4 is 4.73 Å². The van der Waals surface area contributed by atoms with Crippen molar-refractivity contribution >= 4 is 8.32 Å². The van der Waals surface area contributed by atoms with Gasteiger partial charge < -0.3 is 13.9 Å². The van der Waals surface area contributed by atoms with E-state index in [1.807, 2.05) is 13.8 Å². The standard InChI is InChI=1S/C33H47F3NO4Si/c1-20(2)28-26-27(25-23(37(28)38)18-31(6,7)19-24(25)41-42(8,9)30(3,4)5)32(14-16-39-17-15-32)40-29(26)21-10-12-22(13-11-21)33(34,35)36/h10-13,20,24,29,38H,14-19H2,1-9H3/q+1. The highest BCUT2D eigenvalue weighted by Crippen LogP contribution is 2.58. The van der Waals surface area contributed by atoms with Crippen LogP contribution in [0, 0.1) is 5.41 Å². The number of hydrogen-bond donors (Lipinski definition) is 1. The first kappa shape index (κ1) is 31.5. The summed E-state index contributed by atoms with van der Waals surface area (Å²) < 4.78 is 61.9. The molecule has 2 atom stereocenters. The summed E-state index contributed by atoms with van der Waals surface area (Å²) >= 11 is 0. The van der Waals surface area contributed by atoms with E-state index in [1.165, 1.54) is 16.9 Å². The number of pyridine rings is 1. The van der Waals surface area contributed by atoms with E-state index in [-0.39, 0.29) is 22.5 Å². The van der Waals surface area contributed by atoms with Crippen molar-refractivity contribution in [3.05, 3.63) is 63.5 Å². The van der Waals surface area contributed by atoms with Crippen LogP contribution in [0.2, 0.25) is 18.1 Å². The number of aromatic nitrogens is 1. The van der Waals surface area contributed by atoms with Crippen LogP contribution in [0.5, 0.6) is 0 Å². The molecule has 3 aliphatic rings. The molecule has 1 fully saturated rings. The highest BCUT2D eigenvalue weighted by molar-refractivity contribution is 6.74. The normalized spacial score (nSPS) is 23.7. The molecule has 5 rings (SSSR count). The fraction of sp³-hybridized carbons (Fsp3) is 0.667. The Morgan fingerprint density at radius 1 is 1.02 bits per heavy atom. The number of fused-ring (bicyclic) bond motifs is 4. The molecule has 0 radical (unpaired) electrons. The highest BCUT2D eigenvalue weighted by atomic mass is 28.4. The molecule has 5 nitrogen and oxygen atoms in total. The molecule has 2 unspecified atom stereocenters. The van der Waals surface area contributed by atoms with Gasteiger partial charge in [0.2, 0.25) is 11.4 Å². The zero-order chi connectivity index (χ0) is 31.0. The molecule has 1 aromatic heterocycles. The average molecular weight is 607 g/mol. The molecule has 232 valence electrons.